The maximum atomic E-state index is 12.6. The van der Waals surface area contributed by atoms with Crippen molar-refractivity contribution in [3.8, 4) is 0 Å². The first-order valence-electron chi connectivity index (χ1n) is 7.14. The molecule has 1 saturated heterocycles. The summed E-state index contributed by atoms with van der Waals surface area (Å²) < 4.78 is 2.03. The minimum atomic E-state index is 0.0752. The molecular weight excluding hydrogens is 252 g/mol. The van der Waals surface area contributed by atoms with E-state index in [9.17, 15) is 9.90 Å². The summed E-state index contributed by atoms with van der Waals surface area (Å²) in [5.74, 6) is 0.303. The number of aryl methyl sites for hydroxylation is 1. The molecule has 3 rings (SSSR count). The van der Waals surface area contributed by atoms with E-state index in [1.165, 1.54) is 0 Å². The third-order valence-electron chi connectivity index (χ3n) is 4.20. The molecule has 20 heavy (non-hydrogen) atoms. The third-order valence-corrected chi connectivity index (χ3v) is 4.20. The second-order valence-corrected chi connectivity index (χ2v) is 5.64. The highest BCUT2D eigenvalue weighted by atomic mass is 16.3. The number of aliphatic hydroxyl groups excluding tert-OH is 1. The highest BCUT2D eigenvalue weighted by Crippen LogP contribution is 2.21. The molecule has 106 valence electrons. The van der Waals surface area contributed by atoms with E-state index in [1.807, 2.05) is 47.0 Å². The average Bonchev–Trinajstić information content (AvgIpc) is 2.87. The van der Waals surface area contributed by atoms with E-state index in [0.29, 0.717) is 6.54 Å². The summed E-state index contributed by atoms with van der Waals surface area (Å²) in [7, 11) is 1.99. The second kappa shape index (κ2) is 5.29. The lowest BCUT2D eigenvalue weighted by Crippen LogP contribution is -2.40. The first-order valence-corrected chi connectivity index (χ1v) is 7.14. The molecule has 0 radical (unpaired) electrons. The molecule has 1 aromatic carbocycles. The van der Waals surface area contributed by atoms with Crippen LogP contribution in [-0.4, -0.2) is 40.2 Å². The zero-order valence-corrected chi connectivity index (χ0v) is 11.7. The first kappa shape index (κ1) is 13.2. The number of carbonyl (C=O) groups excluding carboxylic acids is 1. The standard InChI is InChI=1S/C16H20N2O2/c1-17-8-6-13-4-5-14(9-15(13)17)16(20)18-7-2-3-12(10-18)11-19/h4-6,8-9,12,19H,2-3,7,10-11H2,1H3. The quantitative estimate of drug-likeness (QED) is 0.909. The van der Waals surface area contributed by atoms with Gasteiger partial charge in [0.25, 0.3) is 5.91 Å². The molecule has 0 bridgehead atoms. The van der Waals surface area contributed by atoms with Gasteiger partial charge in [0, 0.05) is 44.0 Å². The van der Waals surface area contributed by atoms with Gasteiger partial charge in [0.05, 0.1) is 0 Å². The predicted molar refractivity (Wildman–Crippen MR) is 78.6 cm³/mol. The number of nitrogens with zero attached hydrogens (tertiary/aromatic N) is 2. The number of amides is 1. The fourth-order valence-electron chi connectivity index (χ4n) is 2.98. The lowest BCUT2D eigenvalue weighted by Gasteiger charge is -2.32. The number of carbonyl (C=O) groups is 1. The Hall–Kier alpha value is -1.81. The van der Waals surface area contributed by atoms with E-state index in [2.05, 4.69) is 0 Å². The van der Waals surface area contributed by atoms with E-state index in [0.717, 1.165) is 35.9 Å². The van der Waals surface area contributed by atoms with Crippen LogP contribution in [0.2, 0.25) is 0 Å². The van der Waals surface area contributed by atoms with Crippen molar-refractivity contribution < 1.29 is 9.90 Å². The number of hydrogen-bond acceptors (Lipinski definition) is 2. The van der Waals surface area contributed by atoms with Gasteiger partial charge >= 0.3 is 0 Å². The molecule has 1 aromatic heterocycles. The Morgan fingerprint density at radius 1 is 1.40 bits per heavy atom. The molecule has 0 aliphatic carbocycles. The minimum Gasteiger partial charge on any atom is -0.396 e. The van der Waals surface area contributed by atoms with Crippen LogP contribution < -0.4 is 0 Å². The van der Waals surface area contributed by atoms with Gasteiger partial charge in [-0.25, -0.2) is 0 Å². The fraction of sp³-hybridized carbons (Fsp3) is 0.438. The first-order chi connectivity index (χ1) is 9.69. The smallest absolute Gasteiger partial charge is 0.253 e. The summed E-state index contributed by atoms with van der Waals surface area (Å²) in [5.41, 5.74) is 1.81. The largest absolute Gasteiger partial charge is 0.396 e. The SMILES string of the molecule is Cn1ccc2ccc(C(=O)N3CCCC(CO)C3)cc21. The summed E-state index contributed by atoms with van der Waals surface area (Å²) in [4.78, 5) is 14.4. The molecule has 2 aromatic rings. The summed E-state index contributed by atoms with van der Waals surface area (Å²) in [5, 5.41) is 10.4. The van der Waals surface area contributed by atoms with E-state index in [1.54, 1.807) is 0 Å². The van der Waals surface area contributed by atoms with Crippen molar-refractivity contribution in [2.24, 2.45) is 13.0 Å². The second-order valence-electron chi connectivity index (χ2n) is 5.64. The summed E-state index contributed by atoms with van der Waals surface area (Å²) in [6.45, 7) is 1.63. The van der Waals surface area contributed by atoms with Crippen LogP contribution in [0.4, 0.5) is 0 Å². The van der Waals surface area contributed by atoms with Crippen molar-refractivity contribution >= 4 is 16.8 Å². The lowest BCUT2D eigenvalue weighted by molar-refractivity contribution is 0.0621. The van der Waals surface area contributed by atoms with Crippen molar-refractivity contribution in [3.05, 3.63) is 36.0 Å². The van der Waals surface area contributed by atoms with Crippen LogP contribution in [0.1, 0.15) is 23.2 Å². The number of likely N-dealkylation sites (tertiary alicyclic amines) is 1. The van der Waals surface area contributed by atoms with Gasteiger partial charge in [-0.05, 0) is 42.3 Å². The van der Waals surface area contributed by atoms with Crippen LogP contribution >= 0.6 is 0 Å². The lowest BCUT2D eigenvalue weighted by atomic mass is 9.98. The minimum absolute atomic E-state index is 0.0752. The van der Waals surface area contributed by atoms with Crippen LogP contribution in [0.3, 0.4) is 0 Å². The third kappa shape index (κ3) is 2.31. The van der Waals surface area contributed by atoms with Gasteiger partial charge in [-0.2, -0.15) is 0 Å². The number of fused-ring (bicyclic) bond motifs is 1. The maximum Gasteiger partial charge on any atom is 0.253 e. The fourth-order valence-corrected chi connectivity index (χ4v) is 2.98. The Morgan fingerprint density at radius 2 is 2.25 bits per heavy atom. The highest BCUT2D eigenvalue weighted by molar-refractivity contribution is 5.98. The van der Waals surface area contributed by atoms with Gasteiger partial charge in [-0.1, -0.05) is 6.07 Å². The molecule has 1 atom stereocenters. The van der Waals surface area contributed by atoms with Crippen LogP contribution in [0, 0.1) is 5.92 Å². The molecule has 0 saturated carbocycles. The van der Waals surface area contributed by atoms with Gasteiger partial charge in [0.15, 0.2) is 0 Å². The molecule has 1 aliphatic heterocycles. The molecule has 4 heteroatoms. The number of aromatic nitrogens is 1. The molecule has 1 aliphatic rings. The number of aliphatic hydroxyl groups is 1. The van der Waals surface area contributed by atoms with Crippen LogP contribution in [0.5, 0.6) is 0 Å². The molecule has 1 unspecified atom stereocenters. The number of piperidine rings is 1. The maximum absolute atomic E-state index is 12.6. The number of benzene rings is 1. The molecule has 1 N–H and O–H groups in total. The van der Waals surface area contributed by atoms with Crippen molar-refractivity contribution in [1.82, 2.24) is 9.47 Å². The van der Waals surface area contributed by atoms with Crippen molar-refractivity contribution in [2.75, 3.05) is 19.7 Å². The van der Waals surface area contributed by atoms with E-state index in [4.69, 9.17) is 0 Å². The zero-order valence-electron chi connectivity index (χ0n) is 11.7. The average molecular weight is 272 g/mol. The molecule has 1 fully saturated rings. The Labute approximate surface area is 118 Å². The molecular formula is C16H20N2O2. The topological polar surface area (TPSA) is 45.5 Å². The van der Waals surface area contributed by atoms with Crippen LogP contribution in [-0.2, 0) is 7.05 Å². The van der Waals surface area contributed by atoms with E-state index in [-0.39, 0.29) is 18.4 Å². The van der Waals surface area contributed by atoms with Gasteiger partial charge in [0.1, 0.15) is 0 Å². The van der Waals surface area contributed by atoms with E-state index >= 15 is 0 Å². The number of hydrogen-bond donors (Lipinski definition) is 1. The monoisotopic (exact) mass is 272 g/mol. The van der Waals surface area contributed by atoms with Crippen molar-refractivity contribution in [3.63, 3.8) is 0 Å². The normalized spacial score (nSPS) is 19.5. The Bertz CT molecular complexity index is 632. The van der Waals surface area contributed by atoms with Crippen LogP contribution in [0.25, 0.3) is 10.9 Å². The van der Waals surface area contributed by atoms with Gasteiger partial charge in [0.2, 0.25) is 0 Å². The summed E-state index contributed by atoms with van der Waals surface area (Å²) >= 11 is 0. The van der Waals surface area contributed by atoms with Crippen LogP contribution in [0.15, 0.2) is 30.5 Å². The summed E-state index contributed by atoms with van der Waals surface area (Å²) in [6, 6.07) is 7.90. The Morgan fingerprint density at radius 3 is 3.05 bits per heavy atom. The summed E-state index contributed by atoms with van der Waals surface area (Å²) in [6.07, 6.45) is 3.99. The molecule has 4 nitrogen and oxygen atoms in total. The van der Waals surface area contributed by atoms with E-state index < -0.39 is 0 Å². The van der Waals surface area contributed by atoms with Crippen molar-refractivity contribution in [2.45, 2.75) is 12.8 Å². The zero-order chi connectivity index (χ0) is 14.1. The molecule has 1 amide bonds. The van der Waals surface area contributed by atoms with Gasteiger partial charge in [-0.3, -0.25) is 4.79 Å². The Balaban J connectivity index is 1.86. The number of rotatable bonds is 2. The van der Waals surface area contributed by atoms with Crippen molar-refractivity contribution in [1.29, 1.82) is 0 Å². The van der Waals surface area contributed by atoms with Gasteiger partial charge < -0.3 is 14.6 Å². The predicted octanol–water partition coefficient (Wildman–Crippen LogP) is 2.02. The molecule has 2 heterocycles. The highest BCUT2D eigenvalue weighted by Gasteiger charge is 2.24. The van der Waals surface area contributed by atoms with Gasteiger partial charge in [-0.15, -0.1) is 0 Å². The molecule has 0 spiro atoms. The Kier molecular flexibility index (Phi) is 3.49.